The second-order valence-corrected chi connectivity index (χ2v) is 6.42. The third-order valence-corrected chi connectivity index (χ3v) is 3.68. The first-order valence-electron chi connectivity index (χ1n) is 7.27. The number of carbonyl (C=O) groups excluding carboxylic acids is 2. The van der Waals surface area contributed by atoms with E-state index in [1.54, 1.807) is 20.8 Å². The molecule has 0 aromatic rings. The van der Waals surface area contributed by atoms with E-state index < -0.39 is 16.9 Å². The van der Waals surface area contributed by atoms with Gasteiger partial charge in [-0.05, 0) is 19.8 Å². The Kier molecular flexibility index (Phi) is 7.45. The summed E-state index contributed by atoms with van der Waals surface area (Å²) in [6.07, 6.45) is 5.54. The summed E-state index contributed by atoms with van der Waals surface area (Å²) in [6, 6.07) is 0. The van der Waals surface area contributed by atoms with Crippen molar-refractivity contribution in [1.82, 2.24) is 10.6 Å². The molecule has 0 saturated carbocycles. The fraction of sp³-hybridized carbons (Fsp3) is 0.750. The summed E-state index contributed by atoms with van der Waals surface area (Å²) in [4.78, 5) is 24.5. The SMILES string of the molecule is C#CCNC(=O)C(C)(C)CC(C)(CC)C(=O)NCC(C)O. The van der Waals surface area contributed by atoms with Gasteiger partial charge in [-0.1, -0.05) is 33.6 Å². The summed E-state index contributed by atoms with van der Waals surface area (Å²) in [5.41, 5.74) is -1.38. The number of carbonyl (C=O) groups is 2. The maximum atomic E-state index is 12.3. The van der Waals surface area contributed by atoms with Crippen LogP contribution in [0.4, 0.5) is 0 Å². The minimum atomic E-state index is -0.705. The quantitative estimate of drug-likeness (QED) is 0.586. The molecular weight excluding hydrogens is 268 g/mol. The minimum absolute atomic E-state index is 0.149. The topological polar surface area (TPSA) is 78.4 Å². The lowest BCUT2D eigenvalue weighted by molar-refractivity contribution is -0.137. The van der Waals surface area contributed by atoms with Gasteiger partial charge in [0.1, 0.15) is 0 Å². The summed E-state index contributed by atoms with van der Waals surface area (Å²) in [5.74, 6) is 2.05. The molecule has 0 heterocycles. The summed E-state index contributed by atoms with van der Waals surface area (Å²) in [7, 11) is 0. The average Bonchev–Trinajstić information content (AvgIpc) is 2.41. The first-order chi connectivity index (χ1) is 9.59. The zero-order chi connectivity index (χ0) is 16.7. The van der Waals surface area contributed by atoms with Crippen LogP contribution in [0.25, 0.3) is 0 Å². The zero-order valence-electron chi connectivity index (χ0n) is 13.7. The van der Waals surface area contributed by atoms with Gasteiger partial charge in [-0.25, -0.2) is 0 Å². The molecule has 21 heavy (non-hydrogen) atoms. The molecule has 0 spiro atoms. The van der Waals surface area contributed by atoms with Crippen LogP contribution in [0.2, 0.25) is 0 Å². The number of terminal acetylenes is 1. The number of aliphatic hydroxyl groups excluding tert-OH is 1. The fourth-order valence-corrected chi connectivity index (χ4v) is 2.25. The van der Waals surface area contributed by atoms with Gasteiger partial charge in [0.05, 0.1) is 12.6 Å². The highest BCUT2D eigenvalue weighted by Gasteiger charge is 2.40. The third-order valence-electron chi connectivity index (χ3n) is 3.68. The van der Waals surface area contributed by atoms with Crippen molar-refractivity contribution < 1.29 is 14.7 Å². The van der Waals surface area contributed by atoms with E-state index in [0.717, 1.165) is 0 Å². The van der Waals surface area contributed by atoms with Crippen LogP contribution in [0.3, 0.4) is 0 Å². The van der Waals surface area contributed by atoms with Crippen LogP contribution in [-0.4, -0.2) is 36.1 Å². The van der Waals surface area contributed by atoms with Gasteiger partial charge in [0.25, 0.3) is 0 Å². The summed E-state index contributed by atoms with van der Waals surface area (Å²) < 4.78 is 0. The Morgan fingerprint density at radius 2 is 1.81 bits per heavy atom. The van der Waals surface area contributed by atoms with Gasteiger partial charge >= 0.3 is 0 Å². The normalized spacial score (nSPS) is 15.5. The number of hydrogen-bond acceptors (Lipinski definition) is 3. The van der Waals surface area contributed by atoms with E-state index in [1.807, 2.05) is 13.8 Å². The van der Waals surface area contributed by atoms with Gasteiger partial charge in [0, 0.05) is 17.4 Å². The highest BCUT2D eigenvalue weighted by atomic mass is 16.3. The van der Waals surface area contributed by atoms with E-state index in [9.17, 15) is 14.7 Å². The third kappa shape index (κ3) is 6.17. The van der Waals surface area contributed by atoms with E-state index in [0.29, 0.717) is 12.8 Å². The second kappa shape index (κ2) is 8.04. The van der Waals surface area contributed by atoms with Gasteiger partial charge < -0.3 is 15.7 Å². The molecule has 2 atom stereocenters. The summed E-state index contributed by atoms with van der Waals surface area (Å²) >= 11 is 0. The highest BCUT2D eigenvalue weighted by Crippen LogP contribution is 2.37. The summed E-state index contributed by atoms with van der Waals surface area (Å²) in [5, 5.41) is 14.6. The number of rotatable bonds is 8. The molecule has 0 aliphatic carbocycles. The molecule has 0 aliphatic rings. The van der Waals surface area contributed by atoms with Gasteiger partial charge in [-0.15, -0.1) is 6.42 Å². The molecule has 2 amide bonds. The smallest absolute Gasteiger partial charge is 0.226 e. The van der Waals surface area contributed by atoms with Gasteiger partial charge in [-0.3, -0.25) is 9.59 Å². The predicted octanol–water partition coefficient (Wildman–Crippen LogP) is 1.07. The summed E-state index contributed by atoms with van der Waals surface area (Å²) in [6.45, 7) is 9.35. The fourth-order valence-electron chi connectivity index (χ4n) is 2.25. The molecule has 3 N–H and O–H groups in total. The van der Waals surface area contributed by atoms with Crippen LogP contribution < -0.4 is 10.6 Å². The minimum Gasteiger partial charge on any atom is -0.392 e. The van der Waals surface area contributed by atoms with Crippen molar-refractivity contribution in [3.8, 4) is 12.3 Å². The standard InChI is InChI=1S/C16H28N2O3/c1-7-9-17-13(20)15(4,5)11-16(6,8-2)14(21)18-10-12(3)19/h1,12,19H,8-11H2,2-6H3,(H,17,20)(H,18,21). The van der Waals surface area contributed by atoms with E-state index >= 15 is 0 Å². The predicted molar refractivity (Wildman–Crippen MR) is 83.3 cm³/mol. The molecule has 0 radical (unpaired) electrons. The molecule has 2 unspecified atom stereocenters. The Morgan fingerprint density at radius 3 is 2.24 bits per heavy atom. The van der Waals surface area contributed by atoms with Gasteiger partial charge in [-0.2, -0.15) is 0 Å². The molecule has 0 aromatic carbocycles. The molecule has 120 valence electrons. The van der Waals surface area contributed by atoms with Crippen molar-refractivity contribution in [2.75, 3.05) is 13.1 Å². The molecule has 5 heteroatoms. The molecule has 0 bridgehead atoms. The molecule has 0 aliphatic heterocycles. The lowest BCUT2D eigenvalue weighted by atomic mass is 9.71. The molecule has 0 saturated heterocycles. The number of aliphatic hydroxyl groups is 1. The van der Waals surface area contributed by atoms with E-state index in [2.05, 4.69) is 16.6 Å². The second-order valence-electron chi connectivity index (χ2n) is 6.42. The van der Waals surface area contributed by atoms with E-state index in [1.165, 1.54) is 0 Å². The van der Waals surface area contributed by atoms with Crippen molar-refractivity contribution in [2.24, 2.45) is 10.8 Å². The van der Waals surface area contributed by atoms with Crippen molar-refractivity contribution in [1.29, 1.82) is 0 Å². The zero-order valence-corrected chi connectivity index (χ0v) is 13.7. The Hall–Kier alpha value is -1.54. The van der Waals surface area contributed by atoms with Crippen LogP contribution in [0.5, 0.6) is 0 Å². The van der Waals surface area contributed by atoms with Crippen molar-refractivity contribution in [2.45, 2.75) is 53.6 Å². The van der Waals surface area contributed by atoms with Crippen molar-refractivity contribution >= 4 is 11.8 Å². The molecule has 0 rings (SSSR count). The van der Waals surface area contributed by atoms with Gasteiger partial charge in [0.2, 0.25) is 11.8 Å². The maximum Gasteiger partial charge on any atom is 0.226 e. The maximum absolute atomic E-state index is 12.3. The van der Waals surface area contributed by atoms with E-state index in [4.69, 9.17) is 6.42 Å². The lowest BCUT2D eigenvalue weighted by Gasteiger charge is -2.35. The molecule has 5 nitrogen and oxygen atoms in total. The Bertz CT molecular complexity index is 410. The Balaban J connectivity index is 4.89. The Morgan fingerprint density at radius 1 is 1.24 bits per heavy atom. The van der Waals surface area contributed by atoms with Gasteiger partial charge in [0.15, 0.2) is 0 Å². The first-order valence-corrected chi connectivity index (χ1v) is 7.27. The number of nitrogens with one attached hydrogen (secondary N) is 2. The van der Waals surface area contributed by atoms with Crippen LogP contribution in [0.15, 0.2) is 0 Å². The van der Waals surface area contributed by atoms with Crippen LogP contribution in [0.1, 0.15) is 47.5 Å². The highest BCUT2D eigenvalue weighted by molar-refractivity contribution is 5.86. The monoisotopic (exact) mass is 296 g/mol. The van der Waals surface area contributed by atoms with Crippen LogP contribution in [0, 0.1) is 23.2 Å². The first kappa shape index (κ1) is 19.5. The van der Waals surface area contributed by atoms with Crippen molar-refractivity contribution in [3.63, 3.8) is 0 Å². The number of amides is 2. The molecule has 0 aromatic heterocycles. The molecule has 0 fully saturated rings. The average molecular weight is 296 g/mol. The lowest BCUT2D eigenvalue weighted by Crippen LogP contribution is -2.47. The molecular formula is C16H28N2O3. The number of hydrogen-bond donors (Lipinski definition) is 3. The van der Waals surface area contributed by atoms with E-state index in [-0.39, 0.29) is 24.9 Å². The van der Waals surface area contributed by atoms with Crippen LogP contribution in [-0.2, 0) is 9.59 Å². The van der Waals surface area contributed by atoms with Crippen LogP contribution >= 0.6 is 0 Å². The largest absolute Gasteiger partial charge is 0.392 e. The Labute approximate surface area is 127 Å². The van der Waals surface area contributed by atoms with Crippen molar-refractivity contribution in [3.05, 3.63) is 0 Å².